The third-order valence-corrected chi connectivity index (χ3v) is 3.87. The van der Waals surface area contributed by atoms with Gasteiger partial charge < -0.3 is 9.84 Å². The maximum Gasteiger partial charge on any atom is 0.153 e. The van der Waals surface area contributed by atoms with Crippen molar-refractivity contribution in [3.05, 3.63) is 94.8 Å². The summed E-state index contributed by atoms with van der Waals surface area (Å²) in [7, 11) is 0. The second-order valence-electron chi connectivity index (χ2n) is 5.18. The second-order valence-corrected chi connectivity index (χ2v) is 5.18. The van der Waals surface area contributed by atoms with E-state index in [4.69, 9.17) is 4.74 Å². The van der Waals surface area contributed by atoms with Crippen molar-refractivity contribution in [2.45, 2.75) is 6.10 Å². The Labute approximate surface area is 123 Å². The molecule has 1 N–H and O–H groups in total. The maximum atomic E-state index is 10.3. The van der Waals surface area contributed by atoms with E-state index < -0.39 is 0 Å². The highest BCUT2D eigenvalue weighted by Crippen LogP contribution is 2.42. The van der Waals surface area contributed by atoms with Crippen LogP contribution in [0.5, 0.6) is 0 Å². The monoisotopic (exact) mass is 274 g/mol. The zero-order valence-corrected chi connectivity index (χ0v) is 11.4. The molecule has 21 heavy (non-hydrogen) atoms. The molecule has 0 saturated carbocycles. The predicted molar refractivity (Wildman–Crippen MR) is 83.4 cm³/mol. The summed E-state index contributed by atoms with van der Waals surface area (Å²) < 4.78 is 6.17. The first kappa shape index (κ1) is 12.0. The standard InChI is InChI=1S/C19H14O2/c20-17-12-18(14-7-2-1-3-8-14)21-19-15-9-5-4-6-13(15)10-11-16(17)19/h1-12,19-20H. The minimum absolute atomic E-state index is 0.244. The summed E-state index contributed by atoms with van der Waals surface area (Å²) in [5.74, 6) is 0.975. The van der Waals surface area contributed by atoms with Crippen molar-refractivity contribution in [1.29, 1.82) is 0 Å². The minimum atomic E-state index is -0.244. The van der Waals surface area contributed by atoms with Crippen LogP contribution in [0, 0.1) is 0 Å². The lowest BCUT2D eigenvalue weighted by atomic mass is 9.88. The van der Waals surface area contributed by atoms with Gasteiger partial charge in [-0.05, 0) is 5.56 Å². The molecule has 0 fully saturated rings. The number of aliphatic hydroxyl groups excluding tert-OH is 1. The molecule has 1 atom stereocenters. The molecule has 0 amide bonds. The lowest BCUT2D eigenvalue weighted by Crippen LogP contribution is -2.15. The summed E-state index contributed by atoms with van der Waals surface area (Å²) in [5.41, 5.74) is 4.00. The minimum Gasteiger partial charge on any atom is -0.507 e. The van der Waals surface area contributed by atoms with E-state index in [0.29, 0.717) is 5.76 Å². The molecule has 2 nitrogen and oxygen atoms in total. The van der Waals surface area contributed by atoms with Crippen LogP contribution in [-0.4, -0.2) is 5.11 Å². The molecule has 102 valence electrons. The van der Waals surface area contributed by atoms with Gasteiger partial charge >= 0.3 is 0 Å². The normalized spacial score (nSPS) is 19.4. The molecule has 1 aliphatic heterocycles. The summed E-state index contributed by atoms with van der Waals surface area (Å²) in [6, 6.07) is 18.0. The molecule has 1 aliphatic carbocycles. The molecule has 2 aliphatic rings. The number of hydrogen-bond donors (Lipinski definition) is 1. The SMILES string of the molecule is OC1=C2C=Cc3ccccc3C2OC(c2ccccc2)=C1. The quantitative estimate of drug-likeness (QED) is 0.821. The van der Waals surface area contributed by atoms with Crippen molar-refractivity contribution in [3.8, 4) is 0 Å². The van der Waals surface area contributed by atoms with E-state index in [9.17, 15) is 5.11 Å². The van der Waals surface area contributed by atoms with Gasteiger partial charge in [-0.25, -0.2) is 0 Å². The van der Waals surface area contributed by atoms with Gasteiger partial charge in [0.25, 0.3) is 0 Å². The molecule has 0 bridgehead atoms. The largest absolute Gasteiger partial charge is 0.507 e. The molecule has 2 heteroatoms. The summed E-state index contributed by atoms with van der Waals surface area (Å²) in [6.45, 7) is 0. The van der Waals surface area contributed by atoms with Crippen LogP contribution >= 0.6 is 0 Å². The van der Waals surface area contributed by atoms with Crippen molar-refractivity contribution < 1.29 is 9.84 Å². The molecule has 1 heterocycles. The van der Waals surface area contributed by atoms with Crippen molar-refractivity contribution in [2.75, 3.05) is 0 Å². The number of aliphatic hydroxyl groups is 1. The Hall–Kier alpha value is -2.74. The number of rotatable bonds is 1. The number of ether oxygens (including phenoxy) is 1. The highest BCUT2D eigenvalue weighted by atomic mass is 16.5. The molecule has 2 aromatic carbocycles. The van der Waals surface area contributed by atoms with Crippen LogP contribution in [0.3, 0.4) is 0 Å². The topological polar surface area (TPSA) is 29.5 Å². The van der Waals surface area contributed by atoms with E-state index in [0.717, 1.165) is 22.3 Å². The van der Waals surface area contributed by atoms with E-state index in [1.54, 1.807) is 6.08 Å². The number of allylic oxidation sites excluding steroid dienone is 1. The Morgan fingerprint density at radius 1 is 0.857 bits per heavy atom. The fourth-order valence-electron chi connectivity index (χ4n) is 2.80. The predicted octanol–water partition coefficient (Wildman–Crippen LogP) is 4.64. The van der Waals surface area contributed by atoms with Gasteiger partial charge in [0, 0.05) is 22.8 Å². The van der Waals surface area contributed by atoms with Crippen molar-refractivity contribution >= 4 is 11.8 Å². The van der Waals surface area contributed by atoms with E-state index >= 15 is 0 Å². The smallest absolute Gasteiger partial charge is 0.153 e. The lowest BCUT2D eigenvalue weighted by Gasteiger charge is -2.30. The van der Waals surface area contributed by atoms with Gasteiger partial charge in [-0.3, -0.25) is 0 Å². The molecule has 1 unspecified atom stereocenters. The summed E-state index contributed by atoms with van der Waals surface area (Å²) >= 11 is 0. The average molecular weight is 274 g/mol. The molecule has 4 rings (SSSR count). The van der Waals surface area contributed by atoms with Crippen molar-refractivity contribution in [2.24, 2.45) is 0 Å². The van der Waals surface area contributed by atoms with Crippen LogP contribution in [0.4, 0.5) is 0 Å². The van der Waals surface area contributed by atoms with Gasteiger partial charge in [0.1, 0.15) is 11.5 Å². The first-order valence-corrected chi connectivity index (χ1v) is 6.97. The van der Waals surface area contributed by atoms with Gasteiger partial charge in [-0.15, -0.1) is 0 Å². The molecular formula is C19H14O2. The average Bonchev–Trinajstić information content (AvgIpc) is 2.55. The van der Waals surface area contributed by atoms with Crippen LogP contribution in [-0.2, 0) is 4.74 Å². The zero-order valence-electron chi connectivity index (χ0n) is 11.4. The van der Waals surface area contributed by atoms with E-state index in [2.05, 4.69) is 6.07 Å². The van der Waals surface area contributed by atoms with Gasteiger partial charge in [0.2, 0.25) is 0 Å². The Balaban J connectivity index is 1.83. The van der Waals surface area contributed by atoms with Crippen LogP contribution in [0.15, 0.2) is 78.1 Å². The highest BCUT2D eigenvalue weighted by Gasteiger charge is 2.29. The molecule has 0 spiro atoms. The van der Waals surface area contributed by atoms with E-state index in [1.807, 2.05) is 60.7 Å². The third-order valence-electron chi connectivity index (χ3n) is 3.87. The Kier molecular flexibility index (Phi) is 2.68. The van der Waals surface area contributed by atoms with E-state index in [-0.39, 0.29) is 11.9 Å². The van der Waals surface area contributed by atoms with Crippen LogP contribution in [0.25, 0.3) is 11.8 Å². The summed E-state index contributed by atoms with van der Waals surface area (Å²) in [5, 5.41) is 10.3. The van der Waals surface area contributed by atoms with Crippen molar-refractivity contribution in [3.63, 3.8) is 0 Å². The van der Waals surface area contributed by atoms with Crippen LogP contribution < -0.4 is 0 Å². The fraction of sp³-hybridized carbons (Fsp3) is 0.0526. The number of hydrogen-bond acceptors (Lipinski definition) is 2. The second kappa shape index (κ2) is 4.67. The maximum absolute atomic E-state index is 10.3. The number of benzene rings is 2. The van der Waals surface area contributed by atoms with E-state index in [1.165, 1.54) is 0 Å². The first-order chi connectivity index (χ1) is 10.3. The Morgan fingerprint density at radius 3 is 2.48 bits per heavy atom. The Morgan fingerprint density at radius 2 is 1.62 bits per heavy atom. The van der Waals surface area contributed by atoms with Crippen molar-refractivity contribution in [1.82, 2.24) is 0 Å². The lowest BCUT2D eigenvalue weighted by molar-refractivity contribution is 0.191. The molecule has 2 aromatic rings. The first-order valence-electron chi connectivity index (χ1n) is 6.97. The fourth-order valence-corrected chi connectivity index (χ4v) is 2.80. The van der Waals surface area contributed by atoms with Gasteiger partial charge in [-0.1, -0.05) is 66.7 Å². The molecule has 0 radical (unpaired) electrons. The Bertz CT molecular complexity index is 782. The summed E-state index contributed by atoms with van der Waals surface area (Å²) in [4.78, 5) is 0. The molecule has 0 saturated heterocycles. The van der Waals surface area contributed by atoms with Gasteiger partial charge in [-0.2, -0.15) is 0 Å². The summed E-state index contributed by atoms with van der Waals surface area (Å²) in [6.07, 6.45) is 5.40. The van der Waals surface area contributed by atoms with Gasteiger partial charge in [0.15, 0.2) is 6.10 Å². The highest BCUT2D eigenvalue weighted by molar-refractivity contribution is 5.70. The molecular weight excluding hydrogens is 260 g/mol. The van der Waals surface area contributed by atoms with Gasteiger partial charge in [0.05, 0.1) is 0 Å². The van der Waals surface area contributed by atoms with Crippen LogP contribution in [0.2, 0.25) is 0 Å². The third kappa shape index (κ3) is 1.96. The van der Waals surface area contributed by atoms with Crippen LogP contribution in [0.1, 0.15) is 22.8 Å². The number of fused-ring (bicyclic) bond motifs is 3. The zero-order chi connectivity index (χ0) is 14.2. The molecule has 0 aromatic heterocycles.